The number of hydrogen-bond acceptors (Lipinski definition) is 6. The van der Waals surface area contributed by atoms with Crippen LogP contribution in [-0.2, 0) is 19.1 Å². The predicted octanol–water partition coefficient (Wildman–Crippen LogP) is 3.36. The van der Waals surface area contributed by atoms with E-state index in [0.717, 1.165) is 69.7 Å². The summed E-state index contributed by atoms with van der Waals surface area (Å²) in [5, 5.41) is 6.44. The lowest BCUT2D eigenvalue weighted by Gasteiger charge is -2.38. The number of hydrogen-bond donors (Lipinski definition) is 2. The molecule has 0 unspecified atom stereocenters. The lowest BCUT2D eigenvalue weighted by atomic mass is 9.73. The van der Waals surface area contributed by atoms with Crippen LogP contribution in [0.25, 0.3) is 0 Å². The Hall–Kier alpha value is -2.75. The summed E-state index contributed by atoms with van der Waals surface area (Å²) in [4.78, 5) is 49.2. The zero-order chi connectivity index (χ0) is 31.2. The Morgan fingerprint density at radius 1 is 0.977 bits per heavy atom. The van der Waals surface area contributed by atoms with Crippen molar-refractivity contribution in [1.29, 1.82) is 0 Å². The van der Waals surface area contributed by atoms with Crippen molar-refractivity contribution < 1.29 is 19.1 Å². The molecule has 6 rings (SSSR count). The highest BCUT2D eigenvalue weighted by atomic mass is 16.5. The molecule has 1 aromatic carbocycles. The fourth-order valence-corrected chi connectivity index (χ4v) is 8.62. The van der Waals surface area contributed by atoms with Crippen LogP contribution in [0.2, 0.25) is 0 Å². The quantitative estimate of drug-likeness (QED) is 0.420. The molecule has 4 aliphatic heterocycles. The van der Waals surface area contributed by atoms with E-state index in [1.807, 2.05) is 38.1 Å². The first-order valence-corrected chi connectivity index (χ1v) is 16.9. The molecular formula is C35H51N5O4. The molecule has 1 aromatic rings. The molecule has 44 heavy (non-hydrogen) atoms. The largest absolute Gasteiger partial charge is 0.359 e. The zero-order valence-electron chi connectivity index (χ0n) is 27.2. The van der Waals surface area contributed by atoms with Gasteiger partial charge in [-0.25, -0.2) is 0 Å². The van der Waals surface area contributed by atoms with E-state index < -0.39 is 29.6 Å². The third kappa shape index (κ3) is 5.71. The molecule has 0 radical (unpaired) electrons. The van der Waals surface area contributed by atoms with Gasteiger partial charge in [-0.1, -0.05) is 51.8 Å². The van der Waals surface area contributed by atoms with Gasteiger partial charge in [0.25, 0.3) is 0 Å². The van der Waals surface area contributed by atoms with Gasteiger partial charge in [-0.3, -0.25) is 14.4 Å². The first-order valence-electron chi connectivity index (χ1n) is 16.9. The monoisotopic (exact) mass is 605 g/mol. The van der Waals surface area contributed by atoms with Crippen molar-refractivity contribution in [2.75, 3.05) is 51.1 Å². The third-order valence-corrected chi connectivity index (χ3v) is 11.2. The van der Waals surface area contributed by atoms with Gasteiger partial charge in [-0.15, -0.1) is 0 Å². The third-order valence-electron chi connectivity index (χ3n) is 11.2. The number of piperazine rings is 1. The van der Waals surface area contributed by atoms with Gasteiger partial charge in [0.05, 0.1) is 17.9 Å². The summed E-state index contributed by atoms with van der Waals surface area (Å²) in [5.74, 6) is -1.04. The summed E-state index contributed by atoms with van der Waals surface area (Å²) in [6.07, 6.45) is 7.26. The average molecular weight is 606 g/mol. The molecule has 2 bridgehead atoms. The average Bonchev–Trinajstić information content (AvgIpc) is 3.62. The summed E-state index contributed by atoms with van der Waals surface area (Å²) in [5.41, 5.74) is 1.70. The van der Waals surface area contributed by atoms with Crippen LogP contribution in [0.3, 0.4) is 0 Å². The Morgan fingerprint density at radius 3 is 2.39 bits per heavy atom. The van der Waals surface area contributed by atoms with Crippen LogP contribution >= 0.6 is 0 Å². The maximum absolute atomic E-state index is 14.4. The minimum absolute atomic E-state index is 0.0692. The van der Waals surface area contributed by atoms with E-state index in [4.69, 9.17) is 4.74 Å². The second-order valence-electron chi connectivity index (χ2n) is 14.1. The van der Waals surface area contributed by atoms with Crippen LogP contribution in [0.15, 0.2) is 30.4 Å². The molecule has 4 fully saturated rings. The summed E-state index contributed by atoms with van der Waals surface area (Å²) in [6, 6.07) is 5.22. The highest BCUT2D eigenvalue weighted by Crippen LogP contribution is 2.55. The number of ether oxygens (including phenoxy) is 1. The Labute approximate surface area is 262 Å². The van der Waals surface area contributed by atoms with Crippen LogP contribution in [0.4, 0.5) is 5.69 Å². The molecule has 1 spiro atoms. The number of carbonyl (C=O) groups is 3. The van der Waals surface area contributed by atoms with E-state index in [9.17, 15) is 14.4 Å². The molecule has 8 atom stereocenters. The zero-order valence-corrected chi connectivity index (χ0v) is 27.2. The lowest BCUT2D eigenvalue weighted by molar-refractivity contribution is -0.141. The molecule has 1 aliphatic carbocycles. The molecule has 0 aromatic heterocycles. The summed E-state index contributed by atoms with van der Waals surface area (Å²) < 4.78 is 6.58. The maximum Gasteiger partial charge on any atom is 0.246 e. The first kappa shape index (κ1) is 31.2. The number of aryl methyl sites for hydroxylation is 2. The van der Waals surface area contributed by atoms with Crippen LogP contribution in [0, 0.1) is 37.5 Å². The Kier molecular flexibility index (Phi) is 8.92. The van der Waals surface area contributed by atoms with Gasteiger partial charge in [-0.05, 0) is 74.9 Å². The van der Waals surface area contributed by atoms with Crippen molar-refractivity contribution in [2.45, 2.75) is 84.1 Å². The Morgan fingerprint density at radius 2 is 1.68 bits per heavy atom. The number of carbonyl (C=O) groups excluding carboxylic acids is 3. The molecule has 3 saturated heterocycles. The molecule has 4 heterocycles. The van der Waals surface area contributed by atoms with E-state index in [0.29, 0.717) is 24.1 Å². The van der Waals surface area contributed by atoms with E-state index in [-0.39, 0.29) is 23.8 Å². The van der Waals surface area contributed by atoms with Gasteiger partial charge in [0.1, 0.15) is 11.6 Å². The highest BCUT2D eigenvalue weighted by molar-refractivity contribution is 6.02. The van der Waals surface area contributed by atoms with Gasteiger partial charge in [-0.2, -0.15) is 0 Å². The van der Waals surface area contributed by atoms with Crippen LogP contribution in [-0.4, -0.2) is 102 Å². The van der Waals surface area contributed by atoms with Gasteiger partial charge >= 0.3 is 0 Å². The summed E-state index contributed by atoms with van der Waals surface area (Å²) in [6.45, 7) is 17.2. The highest BCUT2D eigenvalue weighted by Gasteiger charge is 2.72. The number of likely N-dealkylation sites (tertiary alicyclic amines) is 1. The number of rotatable bonds is 9. The Balaban J connectivity index is 1.23. The smallest absolute Gasteiger partial charge is 0.246 e. The number of nitrogens with one attached hydrogen (secondary N) is 2. The SMILES string of the molecule is CCN1CCN(CCCN2C(=O)[C@@H]3[C@H](C(=O)Nc4cc(C)cc(C)c4)[C@@H]4C=C[C@@]3(O4)[C@@H]2C(=O)N[C@@H]2CCC[C@H](C)[C@H]2C)CC1. The molecule has 9 heteroatoms. The van der Waals surface area contributed by atoms with Crippen LogP contribution < -0.4 is 10.6 Å². The number of benzene rings is 1. The van der Waals surface area contributed by atoms with Crippen LogP contribution in [0.5, 0.6) is 0 Å². The summed E-state index contributed by atoms with van der Waals surface area (Å²) in [7, 11) is 0. The van der Waals surface area contributed by atoms with Crippen molar-refractivity contribution in [1.82, 2.24) is 20.0 Å². The van der Waals surface area contributed by atoms with Crippen LogP contribution in [0.1, 0.15) is 57.6 Å². The van der Waals surface area contributed by atoms with Gasteiger partial charge in [0.2, 0.25) is 17.7 Å². The van der Waals surface area contributed by atoms with Gasteiger partial charge < -0.3 is 30.1 Å². The van der Waals surface area contributed by atoms with Crippen molar-refractivity contribution >= 4 is 23.4 Å². The fourth-order valence-electron chi connectivity index (χ4n) is 8.62. The molecule has 9 nitrogen and oxygen atoms in total. The minimum Gasteiger partial charge on any atom is -0.359 e. The van der Waals surface area contributed by atoms with E-state index >= 15 is 0 Å². The standard InChI is InChI=1S/C35H51N5O4/c1-6-38-15-17-39(18-16-38)13-8-14-40-31(33(42)37-27-10-7-9-24(4)25(27)5)35-12-11-28(44-35)29(30(35)34(40)43)32(41)36-26-20-22(2)19-23(3)21-26/h11-12,19-21,24-25,27-31H,6-10,13-18H2,1-5H3,(H,36,41)(H,37,42)/t24-,25+,27+,28-,29+,30-,31-,35-/m0/s1. The second kappa shape index (κ2) is 12.6. The maximum atomic E-state index is 14.4. The lowest BCUT2D eigenvalue weighted by Crippen LogP contribution is -2.58. The molecule has 1 saturated carbocycles. The van der Waals surface area contributed by atoms with Gasteiger partial charge in [0, 0.05) is 44.5 Å². The minimum atomic E-state index is -1.13. The molecule has 3 amide bonds. The fraction of sp³-hybridized carbons (Fsp3) is 0.686. The number of amides is 3. The molecule has 5 aliphatic rings. The number of likely N-dealkylation sites (N-methyl/N-ethyl adjacent to an activating group) is 1. The predicted molar refractivity (Wildman–Crippen MR) is 171 cm³/mol. The second-order valence-corrected chi connectivity index (χ2v) is 14.1. The number of nitrogens with zero attached hydrogens (tertiary/aromatic N) is 3. The number of fused-ring (bicyclic) bond motifs is 1. The van der Waals surface area contributed by atoms with E-state index in [1.54, 1.807) is 4.90 Å². The van der Waals surface area contributed by atoms with Crippen molar-refractivity contribution in [3.63, 3.8) is 0 Å². The molecular weight excluding hydrogens is 554 g/mol. The first-order chi connectivity index (χ1) is 21.1. The van der Waals surface area contributed by atoms with Crippen molar-refractivity contribution in [3.05, 3.63) is 41.5 Å². The van der Waals surface area contributed by atoms with Gasteiger partial charge in [0.15, 0.2) is 0 Å². The molecule has 240 valence electrons. The normalized spacial score (nSPS) is 35.2. The van der Waals surface area contributed by atoms with Crippen molar-refractivity contribution in [3.8, 4) is 0 Å². The summed E-state index contributed by atoms with van der Waals surface area (Å²) >= 11 is 0. The Bertz CT molecular complexity index is 1270. The van der Waals surface area contributed by atoms with E-state index in [2.05, 4.69) is 47.3 Å². The number of anilines is 1. The van der Waals surface area contributed by atoms with E-state index in [1.165, 1.54) is 6.42 Å². The van der Waals surface area contributed by atoms with Crippen molar-refractivity contribution in [2.24, 2.45) is 23.7 Å². The topological polar surface area (TPSA) is 94.2 Å². The molecule has 2 N–H and O–H groups in total.